The molecule has 0 aliphatic carbocycles. The average Bonchev–Trinajstić information content (AvgIpc) is 2.77. The van der Waals surface area contributed by atoms with E-state index in [9.17, 15) is 4.79 Å². The van der Waals surface area contributed by atoms with Crippen LogP contribution in [0.3, 0.4) is 0 Å². The van der Waals surface area contributed by atoms with E-state index in [1.807, 2.05) is 53.1 Å². The quantitative estimate of drug-likeness (QED) is 0.748. The van der Waals surface area contributed by atoms with Crippen LogP contribution in [0.5, 0.6) is 0 Å². The number of amides is 1. The van der Waals surface area contributed by atoms with E-state index in [4.69, 9.17) is 5.73 Å². The van der Waals surface area contributed by atoms with Crippen molar-refractivity contribution in [1.29, 1.82) is 0 Å². The summed E-state index contributed by atoms with van der Waals surface area (Å²) < 4.78 is 1.84. The number of pyridine rings is 1. The van der Waals surface area contributed by atoms with Crippen molar-refractivity contribution in [2.45, 2.75) is 6.92 Å². The first-order chi connectivity index (χ1) is 9.65. The van der Waals surface area contributed by atoms with Crippen molar-refractivity contribution in [1.82, 2.24) is 9.38 Å². The van der Waals surface area contributed by atoms with E-state index in [1.165, 1.54) is 6.92 Å². The SMILES string of the molecule is CC(=O)Nc1ccc(-c2nc3ccccn3c2N)cc1. The van der Waals surface area contributed by atoms with E-state index in [2.05, 4.69) is 10.3 Å². The normalized spacial score (nSPS) is 10.7. The Morgan fingerprint density at radius 1 is 1.20 bits per heavy atom. The van der Waals surface area contributed by atoms with Crippen molar-refractivity contribution in [2.75, 3.05) is 11.1 Å². The smallest absolute Gasteiger partial charge is 0.221 e. The van der Waals surface area contributed by atoms with Gasteiger partial charge >= 0.3 is 0 Å². The molecule has 0 radical (unpaired) electrons. The lowest BCUT2D eigenvalue weighted by atomic mass is 10.1. The minimum Gasteiger partial charge on any atom is -0.383 e. The summed E-state index contributed by atoms with van der Waals surface area (Å²) in [4.78, 5) is 15.5. The molecular weight excluding hydrogens is 252 g/mol. The van der Waals surface area contributed by atoms with Gasteiger partial charge in [-0.25, -0.2) is 4.98 Å². The summed E-state index contributed by atoms with van der Waals surface area (Å²) in [5, 5.41) is 2.73. The number of hydrogen-bond donors (Lipinski definition) is 2. The summed E-state index contributed by atoms with van der Waals surface area (Å²) in [6.07, 6.45) is 1.88. The Balaban J connectivity index is 2.02. The second-order valence-corrected chi connectivity index (χ2v) is 4.53. The van der Waals surface area contributed by atoms with Crippen molar-refractivity contribution in [3.8, 4) is 11.3 Å². The fourth-order valence-corrected chi connectivity index (χ4v) is 2.14. The third-order valence-electron chi connectivity index (χ3n) is 3.05. The molecule has 5 heteroatoms. The van der Waals surface area contributed by atoms with E-state index in [1.54, 1.807) is 0 Å². The van der Waals surface area contributed by atoms with Gasteiger partial charge in [0.25, 0.3) is 0 Å². The molecule has 0 spiro atoms. The van der Waals surface area contributed by atoms with Gasteiger partial charge in [0.2, 0.25) is 5.91 Å². The second kappa shape index (κ2) is 4.70. The molecule has 2 heterocycles. The minimum absolute atomic E-state index is 0.0926. The van der Waals surface area contributed by atoms with E-state index >= 15 is 0 Å². The maximum absolute atomic E-state index is 11.0. The predicted octanol–water partition coefficient (Wildman–Crippen LogP) is 2.54. The lowest BCUT2D eigenvalue weighted by molar-refractivity contribution is -0.114. The molecule has 5 nitrogen and oxygen atoms in total. The highest BCUT2D eigenvalue weighted by Crippen LogP contribution is 2.27. The van der Waals surface area contributed by atoms with Gasteiger partial charge in [-0.2, -0.15) is 0 Å². The van der Waals surface area contributed by atoms with Crippen molar-refractivity contribution >= 4 is 23.1 Å². The third kappa shape index (κ3) is 2.09. The van der Waals surface area contributed by atoms with Crippen LogP contribution in [0.2, 0.25) is 0 Å². The molecule has 3 rings (SSSR count). The van der Waals surface area contributed by atoms with Crippen molar-refractivity contribution < 1.29 is 4.79 Å². The molecule has 0 aliphatic heterocycles. The van der Waals surface area contributed by atoms with Crippen molar-refractivity contribution in [3.05, 3.63) is 48.7 Å². The molecule has 0 saturated carbocycles. The Hall–Kier alpha value is -2.82. The van der Waals surface area contributed by atoms with E-state index in [-0.39, 0.29) is 5.91 Å². The molecule has 1 aromatic carbocycles. The lowest BCUT2D eigenvalue weighted by Crippen LogP contribution is -2.05. The Bertz CT molecular complexity index is 774. The number of imidazole rings is 1. The maximum Gasteiger partial charge on any atom is 0.221 e. The number of nitrogens with one attached hydrogen (secondary N) is 1. The highest BCUT2D eigenvalue weighted by Gasteiger charge is 2.10. The maximum atomic E-state index is 11.0. The highest BCUT2D eigenvalue weighted by molar-refractivity contribution is 5.89. The van der Waals surface area contributed by atoms with Gasteiger partial charge in [-0.3, -0.25) is 9.20 Å². The van der Waals surface area contributed by atoms with E-state index < -0.39 is 0 Å². The highest BCUT2D eigenvalue weighted by atomic mass is 16.1. The molecule has 0 bridgehead atoms. The summed E-state index contributed by atoms with van der Waals surface area (Å²) in [5.41, 5.74) is 9.34. The molecule has 20 heavy (non-hydrogen) atoms. The molecule has 0 unspecified atom stereocenters. The Morgan fingerprint density at radius 2 is 1.95 bits per heavy atom. The first-order valence-electron chi connectivity index (χ1n) is 6.26. The first kappa shape index (κ1) is 12.2. The molecule has 3 aromatic rings. The fraction of sp³-hybridized carbons (Fsp3) is 0.0667. The molecule has 0 aliphatic rings. The van der Waals surface area contributed by atoms with Crippen LogP contribution < -0.4 is 11.1 Å². The van der Waals surface area contributed by atoms with Crippen LogP contribution in [0.25, 0.3) is 16.9 Å². The number of anilines is 2. The van der Waals surface area contributed by atoms with Crippen LogP contribution in [-0.4, -0.2) is 15.3 Å². The average molecular weight is 266 g/mol. The Labute approximate surface area is 116 Å². The molecule has 2 aromatic heterocycles. The second-order valence-electron chi connectivity index (χ2n) is 4.53. The predicted molar refractivity (Wildman–Crippen MR) is 79.3 cm³/mol. The van der Waals surface area contributed by atoms with Crippen LogP contribution in [0.15, 0.2) is 48.7 Å². The number of nitrogen functional groups attached to an aromatic ring is 1. The number of rotatable bonds is 2. The van der Waals surface area contributed by atoms with Gasteiger partial charge in [-0.05, 0) is 24.3 Å². The zero-order valence-electron chi connectivity index (χ0n) is 11.0. The van der Waals surface area contributed by atoms with Crippen molar-refractivity contribution in [2.24, 2.45) is 0 Å². The summed E-state index contributed by atoms with van der Waals surface area (Å²) in [7, 11) is 0. The van der Waals surface area contributed by atoms with Gasteiger partial charge in [0.05, 0.1) is 0 Å². The summed E-state index contributed by atoms with van der Waals surface area (Å²) in [6.45, 7) is 1.48. The van der Waals surface area contributed by atoms with Crippen molar-refractivity contribution in [3.63, 3.8) is 0 Å². The number of hydrogen-bond acceptors (Lipinski definition) is 3. The monoisotopic (exact) mass is 266 g/mol. The summed E-state index contributed by atoms with van der Waals surface area (Å²) in [5.74, 6) is 0.512. The lowest BCUT2D eigenvalue weighted by Gasteiger charge is -2.03. The summed E-state index contributed by atoms with van der Waals surface area (Å²) in [6, 6.07) is 13.2. The third-order valence-corrected chi connectivity index (χ3v) is 3.05. The number of aromatic nitrogens is 2. The zero-order valence-corrected chi connectivity index (χ0v) is 11.0. The number of carbonyl (C=O) groups excluding carboxylic acids is 1. The van der Waals surface area contributed by atoms with E-state index in [0.29, 0.717) is 5.82 Å². The van der Waals surface area contributed by atoms with Crippen LogP contribution in [0.4, 0.5) is 11.5 Å². The Kier molecular flexibility index (Phi) is 2.87. The van der Waals surface area contributed by atoms with Gasteiger partial charge in [-0.1, -0.05) is 18.2 Å². The van der Waals surface area contributed by atoms with Gasteiger partial charge in [0.1, 0.15) is 17.2 Å². The Morgan fingerprint density at radius 3 is 2.60 bits per heavy atom. The zero-order chi connectivity index (χ0) is 14.1. The largest absolute Gasteiger partial charge is 0.383 e. The number of nitrogens with two attached hydrogens (primary N) is 1. The van der Waals surface area contributed by atoms with Crippen LogP contribution in [0, 0.1) is 0 Å². The van der Waals surface area contributed by atoms with Crippen LogP contribution >= 0.6 is 0 Å². The first-order valence-corrected chi connectivity index (χ1v) is 6.26. The molecule has 3 N–H and O–H groups in total. The molecule has 1 amide bonds. The number of carbonyl (C=O) groups is 1. The van der Waals surface area contributed by atoms with Crippen LogP contribution in [-0.2, 0) is 4.79 Å². The number of benzene rings is 1. The van der Waals surface area contributed by atoms with Gasteiger partial charge in [-0.15, -0.1) is 0 Å². The topological polar surface area (TPSA) is 72.4 Å². The number of nitrogens with zero attached hydrogens (tertiary/aromatic N) is 2. The fourth-order valence-electron chi connectivity index (χ4n) is 2.14. The van der Waals surface area contributed by atoms with Crippen LogP contribution in [0.1, 0.15) is 6.92 Å². The summed E-state index contributed by atoms with van der Waals surface area (Å²) >= 11 is 0. The van der Waals surface area contributed by atoms with Gasteiger partial charge < -0.3 is 11.1 Å². The molecule has 0 saturated heterocycles. The number of fused-ring (bicyclic) bond motifs is 1. The molecule has 0 atom stereocenters. The van der Waals surface area contributed by atoms with E-state index in [0.717, 1.165) is 22.6 Å². The molecule has 100 valence electrons. The standard InChI is InChI=1S/C15H14N4O/c1-10(20)17-12-7-5-11(6-8-12)14-15(16)19-9-3-2-4-13(19)18-14/h2-9H,16H2,1H3,(H,17,20). The minimum atomic E-state index is -0.0926. The molecular formula is C15H14N4O. The van der Waals surface area contributed by atoms with Gasteiger partial charge in [0, 0.05) is 24.4 Å². The molecule has 0 fully saturated rings. The van der Waals surface area contributed by atoms with Gasteiger partial charge in [0.15, 0.2) is 0 Å².